The van der Waals surface area contributed by atoms with E-state index in [1.54, 1.807) is 26.4 Å². The fourth-order valence-corrected chi connectivity index (χ4v) is 2.00. The Morgan fingerprint density at radius 3 is 2.45 bits per heavy atom. The zero-order valence-corrected chi connectivity index (χ0v) is 12.7. The third kappa shape index (κ3) is 4.15. The Morgan fingerprint density at radius 1 is 1.00 bits per heavy atom. The highest BCUT2D eigenvalue weighted by Crippen LogP contribution is 2.30. The molecule has 1 amide bonds. The van der Waals surface area contributed by atoms with Crippen molar-refractivity contribution in [3.8, 4) is 17.2 Å². The summed E-state index contributed by atoms with van der Waals surface area (Å²) in [6, 6.07) is 14.7. The van der Waals surface area contributed by atoms with E-state index in [0.29, 0.717) is 23.8 Å². The Hall–Kier alpha value is -2.69. The fourth-order valence-electron chi connectivity index (χ4n) is 2.00. The monoisotopic (exact) mass is 301 g/mol. The Bertz CT molecular complexity index is 613. The van der Waals surface area contributed by atoms with Crippen LogP contribution in [0.25, 0.3) is 0 Å². The first kappa shape index (κ1) is 15.7. The van der Waals surface area contributed by atoms with Gasteiger partial charge in [0.2, 0.25) is 0 Å². The normalized spacial score (nSPS) is 9.91. The van der Waals surface area contributed by atoms with Gasteiger partial charge in [-0.3, -0.25) is 4.79 Å². The Labute approximate surface area is 129 Å². The molecule has 0 atom stereocenters. The summed E-state index contributed by atoms with van der Waals surface area (Å²) in [5.41, 5.74) is 0.843. The molecule has 0 aromatic heterocycles. The summed E-state index contributed by atoms with van der Waals surface area (Å²) in [6.45, 7) is 0.313. The summed E-state index contributed by atoms with van der Waals surface area (Å²) < 4.78 is 15.9. The number of carbonyl (C=O) groups is 1. The number of amides is 1. The van der Waals surface area contributed by atoms with Gasteiger partial charge in [-0.15, -0.1) is 0 Å². The number of benzene rings is 2. The van der Waals surface area contributed by atoms with E-state index in [-0.39, 0.29) is 12.5 Å². The first-order valence-electron chi connectivity index (χ1n) is 6.89. The molecule has 0 aliphatic heterocycles. The zero-order chi connectivity index (χ0) is 15.8. The van der Waals surface area contributed by atoms with Crippen molar-refractivity contribution in [2.45, 2.75) is 6.54 Å². The molecule has 0 spiro atoms. The van der Waals surface area contributed by atoms with Crippen molar-refractivity contribution in [1.29, 1.82) is 0 Å². The van der Waals surface area contributed by atoms with Gasteiger partial charge in [0, 0.05) is 12.1 Å². The lowest BCUT2D eigenvalue weighted by Crippen LogP contribution is -2.28. The molecule has 0 aliphatic rings. The number of methoxy groups -OCH3 is 2. The second-order valence-corrected chi connectivity index (χ2v) is 4.53. The van der Waals surface area contributed by atoms with E-state index in [4.69, 9.17) is 14.2 Å². The molecule has 0 unspecified atom stereocenters. The summed E-state index contributed by atoms with van der Waals surface area (Å²) in [6.07, 6.45) is 0. The van der Waals surface area contributed by atoms with E-state index in [1.165, 1.54) is 0 Å². The quantitative estimate of drug-likeness (QED) is 0.853. The highest BCUT2D eigenvalue weighted by atomic mass is 16.5. The molecule has 5 heteroatoms. The van der Waals surface area contributed by atoms with Crippen molar-refractivity contribution in [2.24, 2.45) is 0 Å². The van der Waals surface area contributed by atoms with Crippen molar-refractivity contribution < 1.29 is 19.0 Å². The molecule has 5 nitrogen and oxygen atoms in total. The van der Waals surface area contributed by atoms with E-state index < -0.39 is 0 Å². The number of nitrogens with one attached hydrogen (secondary N) is 1. The maximum absolute atomic E-state index is 11.8. The molecule has 0 saturated heterocycles. The largest absolute Gasteiger partial charge is 0.493 e. The number of para-hydroxylation sites is 2. The van der Waals surface area contributed by atoms with Crippen molar-refractivity contribution >= 4 is 5.91 Å². The van der Waals surface area contributed by atoms with Crippen LogP contribution < -0.4 is 19.5 Å². The van der Waals surface area contributed by atoms with Crippen LogP contribution in [0.5, 0.6) is 17.2 Å². The van der Waals surface area contributed by atoms with Gasteiger partial charge in [-0.1, -0.05) is 30.3 Å². The minimum atomic E-state index is -0.200. The van der Waals surface area contributed by atoms with Crippen molar-refractivity contribution in [2.75, 3.05) is 20.8 Å². The lowest BCUT2D eigenvalue weighted by Gasteiger charge is -2.13. The first-order valence-corrected chi connectivity index (χ1v) is 6.89. The maximum atomic E-state index is 11.8. The van der Waals surface area contributed by atoms with Crippen molar-refractivity contribution in [3.63, 3.8) is 0 Å². The average Bonchev–Trinajstić information content (AvgIpc) is 2.58. The van der Waals surface area contributed by atoms with Crippen LogP contribution in [0.3, 0.4) is 0 Å². The molecule has 1 N–H and O–H groups in total. The molecular formula is C17H19NO4. The third-order valence-electron chi connectivity index (χ3n) is 3.07. The maximum Gasteiger partial charge on any atom is 0.258 e. The van der Waals surface area contributed by atoms with Crippen LogP contribution in [0.1, 0.15) is 5.56 Å². The highest BCUT2D eigenvalue weighted by molar-refractivity contribution is 5.77. The van der Waals surface area contributed by atoms with Gasteiger partial charge in [0.15, 0.2) is 18.1 Å². The molecule has 2 rings (SSSR count). The van der Waals surface area contributed by atoms with Gasteiger partial charge >= 0.3 is 0 Å². The third-order valence-corrected chi connectivity index (χ3v) is 3.07. The van der Waals surface area contributed by atoms with E-state index >= 15 is 0 Å². The Morgan fingerprint density at radius 2 is 1.77 bits per heavy atom. The summed E-state index contributed by atoms with van der Waals surface area (Å²) >= 11 is 0. The summed E-state index contributed by atoms with van der Waals surface area (Å²) in [7, 11) is 3.15. The van der Waals surface area contributed by atoms with Crippen LogP contribution in [-0.4, -0.2) is 26.7 Å². The number of carbonyl (C=O) groups excluding carboxylic acids is 1. The summed E-state index contributed by atoms with van der Waals surface area (Å²) in [5, 5.41) is 2.80. The van der Waals surface area contributed by atoms with Gasteiger partial charge < -0.3 is 19.5 Å². The molecule has 0 saturated carbocycles. The van der Waals surface area contributed by atoms with Crippen LogP contribution >= 0.6 is 0 Å². The van der Waals surface area contributed by atoms with Crippen molar-refractivity contribution in [1.82, 2.24) is 5.32 Å². The SMILES string of the molecule is COc1cccc(CNC(=O)COc2ccccc2)c1OC. The standard InChI is InChI=1S/C17H19NO4/c1-20-15-10-6-7-13(17(15)21-2)11-18-16(19)12-22-14-8-4-3-5-9-14/h3-10H,11-12H2,1-2H3,(H,18,19). The molecule has 0 heterocycles. The lowest BCUT2D eigenvalue weighted by atomic mass is 10.2. The molecule has 0 radical (unpaired) electrons. The number of ether oxygens (including phenoxy) is 3. The first-order chi connectivity index (χ1) is 10.7. The molecular weight excluding hydrogens is 282 g/mol. The molecule has 0 bridgehead atoms. The second-order valence-electron chi connectivity index (χ2n) is 4.53. The summed E-state index contributed by atoms with van der Waals surface area (Å²) in [5.74, 6) is 1.72. The second kappa shape index (κ2) is 7.93. The number of rotatable bonds is 7. The fraction of sp³-hybridized carbons (Fsp3) is 0.235. The van der Waals surface area contributed by atoms with E-state index in [1.807, 2.05) is 36.4 Å². The molecule has 2 aromatic carbocycles. The topological polar surface area (TPSA) is 56.8 Å². The molecule has 0 aliphatic carbocycles. The minimum absolute atomic E-state index is 0.0315. The lowest BCUT2D eigenvalue weighted by molar-refractivity contribution is -0.123. The highest BCUT2D eigenvalue weighted by Gasteiger charge is 2.10. The zero-order valence-electron chi connectivity index (χ0n) is 12.7. The van der Waals surface area contributed by atoms with Crippen LogP contribution in [0.4, 0.5) is 0 Å². The Balaban J connectivity index is 1.88. The van der Waals surface area contributed by atoms with Gasteiger partial charge in [0.05, 0.1) is 14.2 Å². The van der Waals surface area contributed by atoms with E-state index in [0.717, 1.165) is 5.56 Å². The summed E-state index contributed by atoms with van der Waals surface area (Å²) in [4.78, 5) is 11.8. The van der Waals surface area contributed by atoms with Crippen molar-refractivity contribution in [3.05, 3.63) is 54.1 Å². The van der Waals surface area contributed by atoms with Gasteiger partial charge in [-0.25, -0.2) is 0 Å². The smallest absolute Gasteiger partial charge is 0.258 e. The van der Waals surface area contributed by atoms with E-state index in [2.05, 4.69) is 5.32 Å². The molecule has 116 valence electrons. The van der Waals surface area contributed by atoms with Crippen LogP contribution in [0.15, 0.2) is 48.5 Å². The Kier molecular flexibility index (Phi) is 5.65. The average molecular weight is 301 g/mol. The predicted molar refractivity (Wildman–Crippen MR) is 83.3 cm³/mol. The van der Waals surface area contributed by atoms with Gasteiger partial charge in [-0.2, -0.15) is 0 Å². The predicted octanol–water partition coefficient (Wildman–Crippen LogP) is 2.40. The molecule has 22 heavy (non-hydrogen) atoms. The van der Waals surface area contributed by atoms with Gasteiger partial charge in [0.1, 0.15) is 5.75 Å². The van der Waals surface area contributed by atoms with Crippen LogP contribution in [-0.2, 0) is 11.3 Å². The van der Waals surface area contributed by atoms with Gasteiger partial charge in [-0.05, 0) is 18.2 Å². The van der Waals surface area contributed by atoms with Gasteiger partial charge in [0.25, 0.3) is 5.91 Å². The number of hydrogen-bond donors (Lipinski definition) is 1. The van der Waals surface area contributed by atoms with Crippen LogP contribution in [0.2, 0.25) is 0 Å². The molecule has 0 fully saturated rings. The van der Waals surface area contributed by atoms with Crippen LogP contribution in [0, 0.1) is 0 Å². The van der Waals surface area contributed by atoms with E-state index in [9.17, 15) is 4.79 Å². The molecule has 2 aromatic rings. The number of hydrogen-bond acceptors (Lipinski definition) is 4. The minimum Gasteiger partial charge on any atom is -0.493 e.